The Morgan fingerprint density at radius 2 is 1.60 bits per heavy atom. The van der Waals surface area contributed by atoms with Crippen molar-refractivity contribution in [2.45, 2.75) is 76.7 Å². The molecule has 0 aliphatic heterocycles. The minimum Gasteiger partial charge on any atom is -0.348 e. The molecule has 1 aromatic heterocycles. The number of aromatic nitrogens is 2. The minimum absolute atomic E-state index is 0.0541. The molecule has 0 unspecified atom stereocenters. The molecule has 0 radical (unpaired) electrons. The summed E-state index contributed by atoms with van der Waals surface area (Å²) in [6.45, 7) is 0. The lowest BCUT2D eigenvalue weighted by Gasteiger charge is -2.20. The maximum atomic E-state index is 12.5. The van der Waals surface area contributed by atoms with E-state index in [0.29, 0.717) is 11.5 Å². The lowest BCUT2D eigenvalue weighted by molar-refractivity contribution is -0.120. The van der Waals surface area contributed by atoms with Crippen molar-refractivity contribution in [2.75, 3.05) is 5.32 Å². The van der Waals surface area contributed by atoms with E-state index in [0.717, 1.165) is 38.5 Å². The molecule has 2 aliphatic carbocycles. The first-order valence-electron chi connectivity index (χ1n) is 9.79. The van der Waals surface area contributed by atoms with Crippen LogP contribution in [0.5, 0.6) is 0 Å². The summed E-state index contributed by atoms with van der Waals surface area (Å²) in [5.41, 5.74) is 0.380. The molecule has 6 nitrogen and oxygen atoms in total. The van der Waals surface area contributed by atoms with E-state index in [-0.39, 0.29) is 23.8 Å². The van der Waals surface area contributed by atoms with E-state index >= 15 is 0 Å². The smallest absolute Gasteiger partial charge is 0.272 e. The molecule has 2 amide bonds. The molecule has 2 aliphatic rings. The third kappa shape index (κ3) is 4.83. The normalized spacial score (nSPS) is 20.0. The van der Waals surface area contributed by atoms with Crippen molar-refractivity contribution in [1.82, 2.24) is 15.1 Å². The van der Waals surface area contributed by atoms with Crippen LogP contribution in [-0.2, 0) is 11.8 Å². The zero-order valence-corrected chi connectivity index (χ0v) is 15.2. The molecule has 0 bridgehead atoms. The lowest BCUT2D eigenvalue weighted by Crippen LogP contribution is -2.34. The summed E-state index contributed by atoms with van der Waals surface area (Å²) in [5.74, 6) is 0.604. The lowest BCUT2D eigenvalue weighted by atomic mass is 9.89. The minimum atomic E-state index is -0.138. The van der Waals surface area contributed by atoms with Gasteiger partial charge < -0.3 is 10.6 Å². The molecule has 0 aromatic carbocycles. The van der Waals surface area contributed by atoms with Gasteiger partial charge in [-0.3, -0.25) is 14.3 Å². The third-order valence-electron chi connectivity index (χ3n) is 5.53. The molecule has 2 fully saturated rings. The van der Waals surface area contributed by atoms with Crippen molar-refractivity contribution in [3.05, 3.63) is 11.8 Å². The number of rotatable bonds is 4. The molecule has 0 atom stereocenters. The van der Waals surface area contributed by atoms with Crippen LogP contribution in [0.2, 0.25) is 0 Å². The predicted octanol–water partition coefficient (Wildman–Crippen LogP) is 3.39. The van der Waals surface area contributed by atoms with Gasteiger partial charge in [0.2, 0.25) is 5.91 Å². The van der Waals surface area contributed by atoms with Crippen LogP contribution < -0.4 is 10.6 Å². The summed E-state index contributed by atoms with van der Waals surface area (Å²) >= 11 is 0. The van der Waals surface area contributed by atoms with E-state index in [4.69, 9.17) is 0 Å². The topological polar surface area (TPSA) is 76.0 Å². The highest BCUT2D eigenvalue weighted by molar-refractivity contribution is 5.96. The van der Waals surface area contributed by atoms with E-state index < -0.39 is 0 Å². The maximum Gasteiger partial charge on any atom is 0.272 e. The number of nitrogens with one attached hydrogen (secondary N) is 2. The molecular weight excluding hydrogens is 316 g/mol. The number of amides is 2. The summed E-state index contributed by atoms with van der Waals surface area (Å²) in [6.07, 6.45) is 12.3. The first-order valence-corrected chi connectivity index (χ1v) is 9.79. The van der Waals surface area contributed by atoms with Gasteiger partial charge in [0.15, 0.2) is 5.69 Å². The van der Waals surface area contributed by atoms with Gasteiger partial charge >= 0.3 is 0 Å². The van der Waals surface area contributed by atoms with Gasteiger partial charge in [0.1, 0.15) is 5.82 Å². The molecule has 2 saturated carbocycles. The molecule has 0 spiro atoms. The molecule has 1 aromatic rings. The molecule has 0 saturated heterocycles. The van der Waals surface area contributed by atoms with E-state index in [2.05, 4.69) is 15.7 Å². The Morgan fingerprint density at radius 3 is 2.28 bits per heavy atom. The average Bonchev–Trinajstić information content (AvgIpc) is 2.82. The molecule has 1 heterocycles. The monoisotopic (exact) mass is 346 g/mol. The van der Waals surface area contributed by atoms with Gasteiger partial charge in [-0.25, -0.2) is 0 Å². The van der Waals surface area contributed by atoms with Crippen LogP contribution in [0.15, 0.2) is 6.07 Å². The second kappa shape index (κ2) is 8.50. The molecule has 2 N–H and O–H groups in total. The zero-order chi connectivity index (χ0) is 17.6. The third-order valence-corrected chi connectivity index (χ3v) is 5.53. The molecule has 25 heavy (non-hydrogen) atoms. The van der Waals surface area contributed by atoms with Gasteiger partial charge in [-0.1, -0.05) is 44.9 Å². The van der Waals surface area contributed by atoms with Crippen molar-refractivity contribution >= 4 is 17.6 Å². The summed E-state index contributed by atoms with van der Waals surface area (Å²) in [5, 5.41) is 10.3. The number of anilines is 1. The van der Waals surface area contributed by atoms with Gasteiger partial charge in [0, 0.05) is 25.1 Å². The van der Waals surface area contributed by atoms with Crippen LogP contribution in [0.4, 0.5) is 5.82 Å². The standard InChI is InChI=1S/C19H30N4O2/c1-23-17(21-18(24)14-9-5-4-6-10-14)13-16(22-23)19(25)20-15-11-7-2-3-8-12-15/h13-15H,2-12H2,1H3,(H,20,25)(H,21,24). The van der Waals surface area contributed by atoms with E-state index in [1.165, 1.54) is 32.1 Å². The van der Waals surface area contributed by atoms with Gasteiger partial charge in [0.25, 0.3) is 5.91 Å². The number of carbonyl (C=O) groups excluding carboxylic acids is 2. The highest BCUT2D eigenvalue weighted by Crippen LogP contribution is 2.25. The predicted molar refractivity (Wildman–Crippen MR) is 97.4 cm³/mol. The van der Waals surface area contributed by atoms with Gasteiger partial charge in [-0.15, -0.1) is 0 Å². The van der Waals surface area contributed by atoms with Crippen LogP contribution >= 0.6 is 0 Å². The number of carbonyl (C=O) groups is 2. The quantitative estimate of drug-likeness (QED) is 0.821. The summed E-state index contributed by atoms with van der Waals surface area (Å²) in [6, 6.07) is 1.93. The van der Waals surface area contributed by atoms with Crippen molar-refractivity contribution in [2.24, 2.45) is 13.0 Å². The fraction of sp³-hybridized carbons (Fsp3) is 0.737. The maximum absolute atomic E-state index is 12.5. The van der Waals surface area contributed by atoms with Crippen molar-refractivity contribution in [3.8, 4) is 0 Å². The molecule has 138 valence electrons. The Bertz CT molecular complexity index is 597. The second-order valence-corrected chi connectivity index (χ2v) is 7.52. The average molecular weight is 346 g/mol. The summed E-state index contributed by atoms with van der Waals surface area (Å²) < 4.78 is 1.59. The Labute approximate surface area is 149 Å². The van der Waals surface area contributed by atoms with Crippen LogP contribution in [0.1, 0.15) is 81.1 Å². The summed E-state index contributed by atoms with van der Waals surface area (Å²) in [4.78, 5) is 24.9. The number of hydrogen-bond acceptors (Lipinski definition) is 3. The Morgan fingerprint density at radius 1 is 1.00 bits per heavy atom. The fourth-order valence-electron chi connectivity index (χ4n) is 3.97. The van der Waals surface area contributed by atoms with Crippen LogP contribution in [-0.4, -0.2) is 27.6 Å². The van der Waals surface area contributed by atoms with Gasteiger partial charge in [-0.05, 0) is 25.7 Å². The Balaban J connectivity index is 1.58. The molecular formula is C19H30N4O2. The second-order valence-electron chi connectivity index (χ2n) is 7.52. The highest BCUT2D eigenvalue weighted by atomic mass is 16.2. The number of aryl methyl sites for hydroxylation is 1. The zero-order valence-electron chi connectivity index (χ0n) is 15.2. The number of hydrogen-bond donors (Lipinski definition) is 2. The van der Waals surface area contributed by atoms with Crippen LogP contribution in [0.3, 0.4) is 0 Å². The molecule has 3 rings (SSSR count). The van der Waals surface area contributed by atoms with Crippen molar-refractivity contribution in [3.63, 3.8) is 0 Å². The van der Waals surface area contributed by atoms with E-state index in [1.54, 1.807) is 17.8 Å². The van der Waals surface area contributed by atoms with Gasteiger partial charge in [0.05, 0.1) is 0 Å². The first kappa shape index (κ1) is 18.0. The van der Waals surface area contributed by atoms with Crippen molar-refractivity contribution in [1.29, 1.82) is 0 Å². The summed E-state index contributed by atoms with van der Waals surface area (Å²) in [7, 11) is 1.76. The SMILES string of the molecule is Cn1nc(C(=O)NC2CCCCCC2)cc1NC(=O)C1CCCCC1. The Kier molecular flexibility index (Phi) is 6.10. The van der Waals surface area contributed by atoms with Crippen LogP contribution in [0.25, 0.3) is 0 Å². The largest absolute Gasteiger partial charge is 0.348 e. The van der Waals surface area contributed by atoms with E-state index in [9.17, 15) is 9.59 Å². The fourth-order valence-corrected chi connectivity index (χ4v) is 3.97. The van der Waals surface area contributed by atoms with Crippen molar-refractivity contribution < 1.29 is 9.59 Å². The first-order chi connectivity index (χ1) is 12.1. The molecule has 6 heteroatoms. The van der Waals surface area contributed by atoms with E-state index in [1.807, 2.05) is 0 Å². The Hall–Kier alpha value is -1.85. The number of nitrogens with zero attached hydrogens (tertiary/aromatic N) is 2. The van der Waals surface area contributed by atoms with Gasteiger partial charge in [-0.2, -0.15) is 5.10 Å². The van der Waals surface area contributed by atoms with Crippen LogP contribution in [0, 0.1) is 5.92 Å². The highest BCUT2D eigenvalue weighted by Gasteiger charge is 2.23.